The number of aliphatic hydroxyl groups excluding tert-OH is 1. The summed E-state index contributed by atoms with van der Waals surface area (Å²) in [5, 5.41) is 2.60. The molecule has 0 aliphatic rings. The van der Waals surface area contributed by atoms with Crippen molar-refractivity contribution in [3.8, 4) is 0 Å². The lowest BCUT2D eigenvalue weighted by Crippen LogP contribution is -2.60. The highest BCUT2D eigenvalue weighted by atomic mass is 32.2. The summed E-state index contributed by atoms with van der Waals surface area (Å²) in [6.45, 7) is -1.41. The summed E-state index contributed by atoms with van der Waals surface area (Å²) in [6.07, 6.45) is -6.82. The maximum atomic E-state index is 12.9. The third-order valence-electron chi connectivity index (χ3n) is 1.80. The fourth-order valence-corrected chi connectivity index (χ4v) is 1.61. The highest BCUT2D eigenvalue weighted by molar-refractivity contribution is 7.98. The highest BCUT2D eigenvalue weighted by Crippen LogP contribution is 2.56. The van der Waals surface area contributed by atoms with E-state index in [2.05, 4.69) is 0 Å². The topological polar surface area (TPSA) is 23.5 Å². The molecule has 0 rings (SSSR count). The van der Waals surface area contributed by atoms with Crippen molar-refractivity contribution in [3.63, 3.8) is 0 Å². The second-order valence-electron chi connectivity index (χ2n) is 3.33. The van der Waals surface area contributed by atoms with E-state index in [9.17, 15) is 39.5 Å². The number of hydrogen-bond acceptors (Lipinski definition) is 3. The van der Waals surface area contributed by atoms with E-state index in [1.807, 2.05) is 0 Å². The molecule has 116 valence electrons. The third-order valence-corrected chi connectivity index (χ3v) is 2.78. The van der Waals surface area contributed by atoms with Crippen molar-refractivity contribution in [1.82, 2.24) is 4.31 Å². The van der Waals surface area contributed by atoms with Crippen LogP contribution in [-0.2, 0) is 0 Å². The molecule has 0 aliphatic carbocycles. The fraction of sp³-hybridized carbons (Fsp3) is 1.00. The van der Waals surface area contributed by atoms with Crippen molar-refractivity contribution < 1.29 is 44.6 Å². The summed E-state index contributed by atoms with van der Waals surface area (Å²) < 4.78 is 112. The first-order chi connectivity index (χ1) is 8.20. The number of hydrogen-bond donors (Lipinski definition) is 1. The van der Waals surface area contributed by atoms with E-state index in [0.717, 1.165) is 7.05 Å². The minimum atomic E-state index is -6.89. The van der Waals surface area contributed by atoms with Gasteiger partial charge in [-0.25, -0.2) is 4.31 Å². The molecule has 0 atom stereocenters. The first-order valence-corrected chi connectivity index (χ1v) is 5.19. The molecule has 1 N–H and O–H groups in total. The lowest BCUT2D eigenvalue weighted by Gasteiger charge is -2.34. The zero-order valence-corrected chi connectivity index (χ0v) is 9.94. The minimum absolute atomic E-state index is 0.223. The van der Waals surface area contributed by atoms with E-state index >= 15 is 0 Å². The average Bonchev–Trinajstić information content (AvgIpc) is 2.14. The van der Waals surface area contributed by atoms with Gasteiger partial charge in [-0.2, -0.15) is 39.5 Å². The molecule has 0 aromatic heterocycles. The van der Waals surface area contributed by atoms with Gasteiger partial charge < -0.3 is 5.11 Å². The summed E-state index contributed by atoms with van der Waals surface area (Å²) in [6, 6.07) is 0. The Morgan fingerprint density at radius 2 is 1.32 bits per heavy atom. The predicted molar refractivity (Wildman–Crippen MR) is 48.2 cm³/mol. The maximum absolute atomic E-state index is 12.9. The predicted octanol–water partition coefficient (Wildman–Crippen LogP) is 2.98. The van der Waals surface area contributed by atoms with Gasteiger partial charge in [0, 0.05) is 18.5 Å². The molecule has 0 spiro atoms. The van der Waals surface area contributed by atoms with Crippen LogP contribution >= 0.6 is 11.9 Å². The van der Waals surface area contributed by atoms with Gasteiger partial charge in [-0.15, -0.1) is 0 Å². The van der Waals surface area contributed by atoms with Gasteiger partial charge in [0.05, 0.1) is 6.61 Å². The molecule has 0 aliphatic heterocycles. The van der Waals surface area contributed by atoms with Gasteiger partial charge >= 0.3 is 23.3 Å². The van der Waals surface area contributed by atoms with Crippen molar-refractivity contribution in [3.05, 3.63) is 0 Å². The quantitative estimate of drug-likeness (QED) is 0.600. The van der Waals surface area contributed by atoms with Crippen LogP contribution in [0.3, 0.4) is 0 Å². The molecule has 0 heterocycles. The normalized spacial score (nSPS) is 15.2. The van der Waals surface area contributed by atoms with Gasteiger partial charge in [0.15, 0.2) is 0 Å². The van der Waals surface area contributed by atoms with E-state index in [1.54, 1.807) is 0 Å². The Morgan fingerprint density at radius 3 is 1.63 bits per heavy atom. The van der Waals surface area contributed by atoms with Crippen LogP contribution in [0.25, 0.3) is 0 Å². The van der Waals surface area contributed by atoms with Crippen LogP contribution < -0.4 is 0 Å². The zero-order valence-electron chi connectivity index (χ0n) is 9.12. The van der Waals surface area contributed by atoms with Gasteiger partial charge in [-0.1, -0.05) is 0 Å². The van der Waals surface area contributed by atoms with Crippen LogP contribution in [0.1, 0.15) is 0 Å². The summed E-state index contributed by atoms with van der Waals surface area (Å²) in [7, 11) is 0.719. The number of aliphatic hydroxyl groups is 1. The molecular weight excluding hydrogens is 317 g/mol. The van der Waals surface area contributed by atoms with E-state index < -0.39 is 48.4 Å². The average molecular weight is 325 g/mol. The Hall–Kier alpha value is -0.360. The van der Waals surface area contributed by atoms with Gasteiger partial charge in [0.2, 0.25) is 0 Å². The minimum Gasteiger partial charge on any atom is -0.395 e. The van der Waals surface area contributed by atoms with E-state index in [4.69, 9.17) is 5.11 Å². The lowest BCUT2D eigenvalue weighted by molar-refractivity contribution is -0.381. The second-order valence-corrected chi connectivity index (χ2v) is 4.65. The number of rotatable bonds is 6. The molecule has 0 amide bonds. The SMILES string of the molecule is CN(CCO)SC(F)(F)C(F)(F)C(F)(F)C(F)(F)F. The van der Waals surface area contributed by atoms with Crippen LogP contribution in [0.5, 0.6) is 0 Å². The van der Waals surface area contributed by atoms with Crippen LogP contribution in [-0.4, -0.2) is 52.9 Å². The van der Waals surface area contributed by atoms with Crippen molar-refractivity contribution in [2.75, 3.05) is 20.2 Å². The van der Waals surface area contributed by atoms with E-state index in [1.165, 1.54) is 0 Å². The molecule has 0 unspecified atom stereocenters. The Balaban J connectivity index is 5.27. The molecule has 19 heavy (non-hydrogen) atoms. The van der Waals surface area contributed by atoms with Gasteiger partial charge in [-0.05, 0) is 7.05 Å². The molecule has 0 aromatic rings. The molecule has 12 heteroatoms. The van der Waals surface area contributed by atoms with Crippen LogP contribution in [0.15, 0.2) is 0 Å². The summed E-state index contributed by atoms with van der Waals surface area (Å²) >= 11 is -1.21. The second kappa shape index (κ2) is 5.56. The summed E-state index contributed by atoms with van der Waals surface area (Å²) in [5.41, 5.74) is 0. The zero-order chi connectivity index (χ0) is 15.7. The van der Waals surface area contributed by atoms with E-state index in [0.29, 0.717) is 0 Å². The number of alkyl halides is 9. The Labute approximate surface area is 105 Å². The molecule has 0 saturated carbocycles. The summed E-state index contributed by atoms with van der Waals surface area (Å²) in [5.74, 6) is -13.5. The highest BCUT2D eigenvalue weighted by Gasteiger charge is 2.82. The van der Waals surface area contributed by atoms with Crippen LogP contribution in [0.2, 0.25) is 0 Å². The van der Waals surface area contributed by atoms with Crippen molar-refractivity contribution in [2.24, 2.45) is 0 Å². The number of halogens is 9. The van der Waals surface area contributed by atoms with Gasteiger partial charge in [-0.3, -0.25) is 0 Å². The van der Waals surface area contributed by atoms with Gasteiger partial charge in [0.25, 0.3) is 0 Å². The fourth-order valence-electron chi connectivity index (χ4n) is 0.800. The Bertz CT molecular complexity index is 305. The van der Waals surface area contributed by atoms with E-state index in [-0.39, 0.29) is 4.31 Å². The van der Waals surface area contributed by atoms with Crippen LogP contribution in [0.4, 0.5) is 39.5 Å². The van der Waals surface area contributed by atoms with Crippen molar-refractivity contribution >= 4 is 11.9 Å². The molecule has 0 aromatic carbocycles. The van der Waals surface area contributed by atoms with Crippen molar-refractivity contribution in [2.45, 2.75) is 23.3 Å². The number of nitrogens with zero attached hydrogens (tertiary/aromatic N) is 1. The van der Waals surface area contributed by atoms with Crippen molar-refractivity contribution in [1.29, 1.82) is 0 Å². The standard InChI is InChI=1S/C7H8F9NOS/c1-17(2-3-18)19-7(15,16)5(10,11)4(8,9)6(12,13)14/h18H,2-3H2,1H3. The number of likely N-dealkylation sites (N-methyl/N-ethyl adjacent to an activating group) is 1. The largest absolute Gasteiger partial charge is 0.460 e. The molecule has 0 radical (unpaired) electrons. The molecule has 0 fully saturated rings. The Kier molecular flexibility index (Phi) is 5.45. The monoisotopic (exact) mass is 325 g/mol. The first-order valence-electron chi connectivity index (χ1n) is 4.42. The Morgan fingerprint density at radius 1 is 0.895 bits per heavy atom. The maximum Gasteiger partial charge on any atom is 0.460 e. The molecule has 0 bridgehead atoms. The lowest BCUT2D eigenvalue weighted by atomic mass is 10.1. The molecule has 0 saturated heterocycles. The van der Waals surface area contributed by atoms with Crippen LogP contribution in [0, 0.1) is 0 Å². The third kappa shape index (κ3) is 3.60. The summed E-state index contributed by atoms with van der Waals surface area (Å²) in [4.78, 5) is 0. The smallest absolute Gasteiger partial charge is 0.395 e. The first kappa shape index (κ1) is 18.6. The van der Waals surface area contributed by atoms with Gasteiger partial charge in [0.1, 0.15) is 0 Å². The molecule has 2 nitrogen and oxygen atoms in total. The molecular formula is C7H8F9NOS.